The molecule has 0 aliphatic carbocycles. The van der Waals surface area contributed by atoms with Gasteiger partial charge in [0.2, 0.25) is 0 Å². The molecule has 0 fully saturated rings. The number of nitrogens with zero attached hydrogens (tertiary/aromatic N) is 1. The van der Waals surface area contributed by atoms with Gasteiger partial charge in [-0.1, -0.05) is 23.4 Å². The molecule has 0 aliphatic heterocycles. The Balaban J connectivity index is 1.77. The minimum absolute atomic E-state index is 0.0412. The van der Waals surface area contributed by atoms with Crippen molar-refractivity contribution in [3.05, 3.63) is 77.5 Å². The smallest absolute Gasteiger partial charge is 0.257 e. The first-order valence-corrected chi connectivity index (χ1v) is 6.87. The summed E-state index contributed by atoms with van der Waals surface area (Å²) >= 11 is 0. The van der Waals surface area contributed by atoms with E-state index in [1.54, 1.807) is 18.2 Å². The molecular formula is C17H12F2N2O2. The second-order valence-electron chi connectivity index (χ2n) is 4.85. The molecule has 1 N–H and O–H groups in total. The van der Waals surface area contributed by atoms with Crippen molar-refractivity contribution in [1.29, 1.82) is 0 Å². The molecule has 4 nitrogen and oxygen atoms in total. The predicted octanol–water partition coefficient (Wildman–Crippen LogP) is 3.55. The van der Waals surface area contributed by atoms with E-state index < -0.39 is 11.7 Å². The van der Waals surface area contributed by atoms with Crippen molar-refractivity contribution in [1.82, 2.24) is 10.5 Å². The summed E-state index contributed by atoms with van der Waals surface area (Å²) in [5, 5.41) is 6.22. The Labute approximate surface area is 130 Å². The van der Waals surface area contributed by atoms with Gasteiger partial charge in [0.1, 0.15) is 17.2 Å². The third kappa shape index (κ3) is 3.26. The number of carbonyl (C=O) groups is 1. The van der Waals surface area contributed by atoms with Crippen molar-refractivity contribution >= 4 is 5.91 Å². The van der Waals surface area contributed by atoms with Gasteiger partial charge in [-0.25, -0.2) is 8.78 Å². The van der Waals surface area contributed by atoms with Gasteiger partial charge in [0, 0.05) is 17.7 Å². The highest BCUT2D eigenvalue weighted by atomic mass is 19.1. The van der Waals surface area contributed by atoms with Crippen LogP contribution >= 0.6 is 0 Å². The van der Waals surface area contributed by atoms with Crippen molar-refractivity contribution in [2.45, 2.75) is 6.54 Å². The molecule has 0 bridgehead atoms. The van der Waals surface area contributed by atoms with Crippen molar-refractivity contribution < 1.29 is 18.1 Å². The van der Waals surface area contributed by atoms with Crippen LogP contribution in [0.4, 0.5) is 8.78 Å². The summed E-state index contributed by atoms with van der Waals surface area (Å²) in [6.45, 7) is 0.0412. The highest BCUT2D eigenvalue weighted by molar-refractivity contribution is 5.99. The van der Waals surface area contributed by atoms with Crippen LogP contribution in [0.1, 0.15) is 15.9 Å². The summed E-state index contributed by atoms with van der Waals surface area (Å²) in [6.07, 6.45) is 1.27. The molecule has 0 saturated heterocycles. The van der Waals surface area contributed by atoms with Gasteiger partial charge in [-0.2, -0.15) is 0 Å². The van der Waals surface area contributed by atoms with Crippen LogP contribution in [-0.2, 0) is 6.54 Å². The van der Waals surface area contributed by atoms with E-state index in [0.717, 1.165) is 0 Å². The number of nitrogens with one attached hydrogen (secondary N) is 1. The van der Waals surface area contributed by atoms with E-state index in [1.165, 1.54) is 36.5 Å². The minimum atomic E-state index is -0.450. The van der Waals surface area contributed by atoms with E-state index in [2.05, 4.69) is 10.5 Å². The van der Waals surface area contributed by atoms with Gasteiger partial charge in [-0.3, -0.25) is 4.79 Å². The van der Waals surface area contributed by atoms with E-state index in [1.807, 2.05) is 0 Å². The molecule has 2 aromatic carbocycles. The fourth-order valence-electron chi connectivity index (χ4n) is 2.12. The first kappa shape index (κ1) is 14.9. The molecule has 6 heteroatoms. The molecule has 1 heterocycles. The molecule has 0 aliphatic rings. The number of carbonyl (C=O) groups excluding carboxylic acids is 1. The molecule has 23 heavy (non-hydrogen) atoms. The Kier molecular flexibility index (Phi) is 4.14. The number of halogens is 2. The molecule has 1 amide bonds. The molecule has 0 radical (unpaired) electrons. The van der Waals surface area contributed by atoms with Crippen molar-refractivity contribution in [2.24, 2.45) is 0 Å². The molecule has 0 unspecified atom stereocenters. The zero-order chi connectivity index (χ0) is 16.2. The molecular weight excluding hydrogens is 302 g/mol. The van der Waals surface area contributed by atoms with Crippen LogP contribution < -0.4 is 5.32 Å². The van der Waals surface area contributed by atoms with Crippen LogP contribution in [0.3, 0.4) is 0 Å². The van der Waals surface area contributed by atoms with Crippen LogP contribution in [-0.4, -0.2) is 11.1 Å². The van der Waals surface area contributed by atoms with Crippen LogP contribution in [0.5, 0.6) is 0 Å². The maximum atomic E-state index is 13.5. The normalized spacial score (nSPS) is 10.5. The quantitative estimate of drug-likeness (QED) is 0.801. The molecule has 116 valence electrons. The fraction of sp³-hybridized carbons (Fsp3) is 0.0588. The molecule has 0 atom stereocenters. The Morgan fingerprint density at radius 3 is 2.57 bits per heavy atom. The van der Waals surface area contributed by atoms with Gasteiger partial charge in [0.15, 0.2) is 5.76 Å². The molecule has 0 saturated carbocycles. The highest BCUT2D eigenvalue weighted by Crippen LogP contribution is 2.23. The SMILES string of the molecule is O=C(NCc1ccccc1F)c1cnoc1-c1ccc(F)cc1. The third-order valence-corrected chi connectivity index (χ3v) is 3.32. The second kappa shape index (κ2) is 6.39. The topological polar surface area (TPSA) is 55.1 Å². The lowest BCUT2D eigenvalue weighted by Gasteiger charge is -2.06. The van der Waals surface area contributed by atoms with Crippen molar-refractivity contribution in [3.8, 4) is 11.3 Å². The lowest BCUT2D eigenvalue weighted by molar-refractivity contribution is 0.0951. The number of hydrogen-bond acceptors (Lipinski definition) is 3. The lowest BCUT2D eigenvalue weighted by Crippen LogP contribution is -2.23. The Bertz CT molecular complexity index is 829. The van der Waals surface area contributed by atoms with E-state index >= 15 is 0 Å². The zero-order valence-electron chi connectivity index (χ0n) is 11.9. The van der Waals surface area contributed by atoms with E-state index in [0.29, 0.717) is 11.1 Å². The standard InChI is InChI=1S/C17H12F2N2O2/c18-13-7-5-11(6-8-13)16-14(10-21-23-16)17(22)20-9-12-3-1-2-4-15(12)19/h1-8,10H,9H2,(H,20,22). The van der Waals surface area contributed by atoms with Crippen molar-refractivity contribution in [3.63, 3.8) is 0 Å². The molecule has 3 rings (SSSR count). The number of benzene rings is 2. The number of hydrogen-bond donors (Lipinski definition) is 1. The van der Waals surface area contributed by atoms with Crippen molar-refractivity contribution in [2.75, 3.05) is 0 Å². The van der Waals surface area contributed by atoms with Gasteiger partial charge in [-0.15, -0.1) is 0 Å². The Morgan fingerprint density at radius 1 is 1.09 bits per heavy atom. The summed E-state index contributed by atoms with van der Waals surface area (Å²) in [5.74, 6) is -0.999. The summed E-state index contributed by atoms with van der Waals surface area (Å²) in [4.78, 5) is 12.2. The Morgan fingerprint density at radius 2 is 1.83 bits per heavy atom. The maximum absolute atomic E-state index is 13.5. The third-order valence-electron chi connectivity index (χ3n) is 3.32. The molecule has 0 spiro atoms. The van der Waals surface area contributed by atoms with Crippen LogP contribution in [0.2, 0.25) is 0 Å². The van der Waals surface area contributed by atoms with E-state index in [-0.39, 0.29) is 23.7 Å². The average Bonchev–Trinajstić information content (AvgIpc) is 3.04. The summed E-state index contributed by atoms with van der Waals surface area (Å²) in [6, 6.07) is 11.7. The largest absolute Gasteiger partial charge is 0.355 e. The average molecular weight is 314 g/mol. The number of amides is 1. The first-order chi connectivity index (χ1) is 11.1. The fourth-order valence-corrected chi connectivity index (χ4v) is 2.12. The Hall–Kier alpha value is -3.02. The maximum Gasteiger partial charge on any atom is 0.257 e. The minimum Gasteiger partial charge on any atom is -0.355 e. The number of aromatic nitrogens is 1. The van der Waals surface area contributed by atoms with E-state index in [9.17, 15) is 13.6 Å². The van der Waals surface area contributed by atoms with Gasteiger partial charge >= 0.3 is 0 Å². The second-order valence-corrected chi connectivity index (χ2v) is 4.85. The van der Waals surface area contributed by atoms with Gasteiger partial charge in [0.25, 0.3) is 5.91 Å². The van der Waals surface area contributed by atoms with Gasteiger partial charge in [0.05, 0.1) is 6.20 Å². The zero-order valence-corrected chi connectivity index (χ0v) is 11.9. The number of rotatable bonds is 4. The van der Waals surface area contributed by atoms with E-state index in [4.69, 9.17) is 4.52 Å². The summed E-state index contributed by atoms with van der Waals surface area (Å²) in [7, 11) is 0. The molecule has 3 aromatic rings. The summed E-state index contributed by atoms with van der Waals surface area (Å²) < 4.78 is 31.6. The highest BCUT2D eigenvalue weighted by Gasteiger charge is 2.18. The monoisotopic (exact) mass is 314 g/mol. The van der Waals surface area contributed by atoms with Gasteiger partial charge in [-0.05, 0) is 30.3 Å². The van der Waals surface area contributed by atoms with Gasteiger partial charge < -0.3 is 9.84 Å². The van der Waals surface area contributed by atoms with Crippen LogP contribution in [0.25, 0.3) is 11.3 Å². The predicted molar refractivity (Wildman–Crippen MR) is 79.5 cm³/mol. The lowest BCUT2D eigenvalue weighted by atomic mass is 10.1. The molecule has 1 aromatic heterocycles. The first-order valence-electron chi connectivity index (χ1n) is 6.87. The van der Waals surface area contributed by atoms with Crippen LogP contribution in [0.15, 0.2) is 59.3 Å². The van der Waals surface area contributed by atoms with Crippen LogP contribution in [0, 0.1) is 11.6 Å². The summed E-state index contributed by atoms with van der Waals surface area (Å²) in [5.41, 5.74) is 1.11.